The summed E-state index contributed by atoms with van der Waals surface area (Å²) >= 11 is 0. The van der Waals surface area contributed by atoms with Crippen LogP contribution in [-0.2, 0) is 32.0 Å². The number of hydrogen-bond donors (Lipinski definition) is 9. The normalized spacial score (nSPS) is 14.1. The second-order valence-corrected chi connectivity index (χ2v) is 10.7. The molecule has 0 radical (unpaired) electrons. The van der Waals surface area contributed by atoms with E-state index in [1.165, 1.54) is 0 Å². The lowest BCUT2D eigenvalue weighted by molar-refractivity contribution is -0.142. The van der Waals surface area contributed by atoms with Gasteiger partial charge < -0.3 is 47.6 Å². The average molecular weight is 606 g/mol. The number of benzene rings is 2. The summed E-state index contributed by atoms with van der Waals surface area (Å²) in [5, 5.41) is 29.0. The number of amides is 3. The highest BCUT2D eigenvalue weighted by atomic mass is 16.4. The van der Waals surface area contributed by atoms with E-state index in [1.807, 2.05) is 48.5 Å². The Morgan fingerprint density at radius 3 is 1.82 bits per heavy atom. The number of aromatic amines is 2. The van der Waals surface area contributed by atoms with E-state index in [-0.39, 0.29) is 19.3 Å². The number of aliphatic hydroxyl groups is 1. The molecular weight excluding hydrogens is 566 g/mol. The predicted octanol–water partition coefficient (Wildman–Crippen LogP) is 0.422. The van der Waals surface area contributed by atoms with E-state index in [2.05, 4.69) is 25.9 Å². The van der Waals surface area contributed by atoms with Gasteiger partial charge in [0.1, 0.15) is 18.1 Å². The van der Waals surface area contributed by atoms with Gasteiger partial charge in [-0.25, -0.2) is 4.79 Å². The Hall–Kier alpha value is -4.72. The van der Waals surface area contributed by atoms with Crippen LogP contribution in [0.2, 0.25) is 0 Å². The topological polar surface area (TPSA) is 228 Å². The molecule has 234 valence electrons. The van der Waals surface area contributed by atoms with Crippen LogP contribution in [0.25, 0.3) is 21.8 Å². The number of hydrogen-bond acceptors (Lipinski definition) is 7. The summed E-state index contributed by atoms with van der Waals surface area (Å²) in [6.07, 6.45) is 4.98. The number of unbranched alkanes of at least 4 members (excludes halogenated alkanes) is 1. The fourth-order valence-electron chi connectivity index (χ4n) is 5.13. The number of rotatable bonds is 16. The van der Waals surface area contributed by atoms with Crippen LogP contribution in [0, 0.1) is 0 Å². The van der Waals surface area contributed by atoms with Crippen LogP contribution in [0.15, 0.2) is 60.9 Å². The molecular formula is C31H39N7O6. The van der Waals surface area contributed by atoms with Gasteiger partial charge in [-0.1, -0.05) is 36.4 Å². The zero-order valence-corrected chi connectivity index (χ0v) is 24.2. The maximum Gasteiger partial charge on any atom is 0.326 e. The molecule has 13 heteroatoms. The molecule has 0 saturated carbocycles. The highest BCUT2D eigenvalue weighted by Gasteiger charge is 2.30. The van der Waals surface area contributed by atoms with E-state index in [9.17, 15) is 29.4 Å². The number of fused-ring (bicyclic) bond motifs is 2. The fraction of sp³-hybridized carbons (Fsp3) is 0.355. The van der Waals surface area contributed by atoms with E-state index in [0.717, 1.165) is 27.4 Å². The summed E-state index contributed by atoms with van der Waals surface area (Å²) in [5.74, 6) is -3.43. The maximum atomic E-state index is 13.3. The Morgan fingerprint density at radius 2 is 1.25 bits per heavy atom. The number of para-hydroxylation sites is 2. The first kappa shape index (κ1) is 32.2. The summed E-state index contributed by atoms with van der Waals surface area (Å²) in [7, 11) is 0. The van der Waals surface area contributed by atoms with Gasteiger partial charge in [0.05, 0.1) is 12.6 Å². The van der Waals surface area contributed by atoms with E-state index >= 15 is 0 Å². The third-order valence-corrected chi connectivity index (χ3v) is 7.56. The molecule has 2 aromatic heterocycles. The summed E-state index contributed by atoms with van der Waals surface area (Å²) in [6, 6.07) is 10.2. The fourth-order valence-corrected chi connectivity index (χ4v) is 5.13. The smallest absolute Gasteiger partial charge is 0.326 e. The van der Waals surface area contributed by atoms with Crippen LogP contribution in [0.5, 0.6) is 0 Å². The number of carbonyl (C=O) groups excluding carboxylic acids is 3. The zero-order valence-electron chi connectivity index (χ0n) is 24.2. The molecule has 0 bridgehead atoms. The number of aliphatic hydroxyl groups excluding tert-OH is 1. The second-order valence-electron chi connectivity index (χ2n) is 10.7. The van der Waals surface area contributed by atoms with Crippen LogP contribution in [-0.4, -0.2) is 81.2 Å². The third kappa shape index (κ3) is 8.01. The van der Waals surface area contributed by atoms with Gasteiger partial charge in [-0.05, 0) is 55.5 Å². The van der Waals surface area contributed by atoms with Crippen LogP contribution in [0.3, 0.4) is 0 Å². The minimum atomic E-state index is -1.46. The molecule has 2 aromatic carbocycles. The van der Waals surface area contributed by atoms with Crippen molar-refractivity contribution in [2.45, 2.75) is 56.3 Å². The van der Waals surface area contributed by atoms with Crippen molar-refractivity contribution in [3.05, 3.63) is 72.1 Å². The summed E-state index contributed by atoms with van der Waals surface area (Å²) in [4.78, 5) is 57.6. The lowest BCUT2D eigenvalue weighted by Gasteiger charge is -2.24. The van der Waals surface area contributed by atoms with Gasteiger partial charge in [0.25, 0.3) is 0 Å². The Balaban J connectivity index is 1.39. The van der Waals surface area contributed by atoms with Crippen LogP contribution >= 0.6 is 0 Å². The molecule has 4 rings (SSSR count). The number of carboxylic acids is 1. The first-order valence-electron chi connectivity index (χ1n) is 14.5. The molecule has 4 aromatic rings. The Morgan fingerprint density at radius 1 is 0.727 bits per heavy atom. The number of carboxylic acid groups (broad SMARTS) is 1. The van der Waals surface area contributed by atoms with Gasteiger partial charge in [0, 0.05) is 40.6 Å². The number of aliphatic carboxylic acids is 1. The van der Waals surface area contributed by atoms with Crippen molar-refractivity contribution >= 4 is 45.5 Å². The molecule has 0 saturated heterocycles. The molecule has 0 spiro atoms. The number of aromatic nitrogens is 2. The lowest BCUT2D eigenvalue weighted by Crippen LogP contribution is -2.58. The third-order valence-electron chi connectivity index (χ3n) is 7.56. The predicted molar refractivity (Wildman–Crippen MR) is 165 cm³/mol. The van der Waals surface area contributed by atoms with E-state index in [1.54, 1.807) is 12.4 Å². The Labute approximate surface area is 253 Å². The van der Waals surface area contributed by atoms with Crippen molar-refractivity contribution < 1.29 is 29.4 Å². The first-order chi connectivity index (χ1) is 21.2. The first-order valence-corrected chi connectivity index (χ1v) is 14.5. The van der Waals surface area contributed by atoms with Crippen molar-refractivity contribution in [1.29, 1.82) is 0 Å². The van der Waals surface area contributed by atoms with Crippen molar-refractivity contribution in [2.24, 2.45) is 11.5 Å². The summed E-state index contributed by atoms with van der Waals surface area (Å²) in [6.45, 7) is -0.405. The molecule has 13 nitrogen and oxygen atoms in total. The van der Waals surface area contributed by atoms with Gasteiger partial charge in [-0.2, -0.15) is 0 Å². The van der Waals surface area contributed by atoms with E-state index in [4.69, 9.17) is 11.5 Å². The van der Waals surface area contributed by atoms with Crippen LogP contribution in [0.4, 0.5) is 0 Å². The van der Waals surface area contributed by atoms with Gasteiger partial charge in [-0.15, -0.1) is 0 Å². The van der Waals surface area contributed by atoms with Crippen molar-refractivity contribution in [2.75, 3.05) is 13.2 Å². The van der Waals surface area contributed by atoms with Crippen molar-refractivity contribution in [1.82, 2.24) is 25.9 Å². The van der Waals surface area contributed by atoms with Crippen molar-refractivity contribution in [3.63, 3.8) is 0 Å². The molecule has 0 aliphatic carbocycles. The number of H-pyrrole nitrogens is 2. The molecule has 4 unspecified atom stereocenters. The zero-order chi connectivity index (χ0) is 31.6. The summed E-state index contributed by atoms with van der Waals surface area (Å²) in [5.41, 5.74) is 15.1. The minimum absolute atomic E-state index is 0.0245. The molecule has 3 amide bonds. The molecule has 0 aliphatic heterocycles. The minimum Gasteiger partial charge on any atom is -0.480 e. The average Bonchev–Trinajstić information content (AvgIpc) is 3.62. The number of nitrogens with one attached hydrogen (secondary N) is 5. The maximum absolute atomic E-state index is 13.3. The lowest BCUT2D eigenvalue weighted by atomic mass is 10.0. The molecule has 44 heavy (non-hydrogen) atoms. The van der Waals surface area contributed by atoms with Gasteiger partial charge in [0.2, 0.25) is 17.7 Å². The highest BCUT2D eigenvalue weighted by Crippen LogP contribution is 2.20. The van der Waals surface area contributed by atoms with Gasteiger partial charge >= 0.3 is 5.97 Å². The molecule has 0 aliphatic rings. The Bertz CT molecular complexity index is 1600. The SMILES string of the molecule is NCCCCC(NC(=O)C(N)Cc1c[nH]c2ccccc12)C(=O)NC(CO)C(=O)NC(Cc1c[nH]c2ccccc12)C(=O)O. The number of carbonyl (C=O) groups is 4. The standard InChI is InChI=1S/C31H39N7O6/c32-12-6-5-11-25(36-28(40)22(33)13-18-15-34-23-9-3-1-7-20(18)23)29(41)38-27(17-39)30(42)37-26(31(43)44)14-19-16-35-24-10-4-2-8-21(19)24/h1-4,7-10,15-16,22,25-27,34-35,39H,5-6,11-14,17,32-33H2,(H,36,40)(H,37,42)(H,38,41)(H,43,44). The quantitative estimate of drug-likeness (QED) is 0.0811. The Kier molecular flexibility index (Phi) is 11.1. The molecule has 4 atom stereocenters. The second kappa shape index (κ2) is 15.1. The van der Waals surface area contributed by atoms with E-state index < -0.39 is 54.5 Å². The summed E-state index contributed by atoms with van der Waals surface area (Å²) < 4.78 is 0. The molecule has 11 N–H and O–H groups in total. The molecule has 2 heterocycles. The largest absolute Gasteiger partial charge is 0.480 e. The van der Waals surface area contributed by atoms with Gasteiger partial charge in [0.15, 0.2) is 0 Å². The highest BCUT2D eigenvalue weighted by molar-refractivity contribution is 5.95. The van der Waals surface area contributed by atoms with Crippen LogP contribution < -0.4 is 27.4 Å². The molecule has 0 fully saturated rings. The number of nitrogens with two attached hydrogens (primary N) is 2. The van der Waals surface area contributed by atoms with Crippen LogP contribution in [0.1, 0.15) is 30.4 Å². The monoisotopic (exact) mass is 605 g/mol. The van der Waals surface area contributed by atoms with E-state index in [0.29, 0.717) is 24.9 Å². The van der Waals surface area contributed by atoms with Gasteiger partial charge in [-0.3, -0.25) is 14.4 Å². The van der Waals surface area contributed by atoms with Crippen molar-refractivity contribution in [3.8, 4) is 0 Å².